The van der Waals surface area contributed by atoms with Gasteiger partial charge in [0.1, 0.15) is 0 Å². The number of aryl methyl sites for hydroxylation is 2. The van der Waals surface area contributed by atoms with Crippen LogP contribution in [-0.2, 0) is 9.84 Å². The average molecular weight is 511 g/mol. The van der Waals surface area contributed by atoms with E-state index in [2.05, 4.69) is 5.32 Å². The number of nitrogens with one attached hydrogen (secondary N) is 1. The first-order chi connectivity index (χ1) is 17.6. The number of anilines is 2. The van der Waals surface area contributed by atoms with Crippen LogP contribution in [0, 0.1) is 13.8 Å². The van der Waals surface area contributed by atoms with Gasteiger partial charge in [0, 0.05) is 11.3 Å². The molecule has 0 aromatic heterocycles. The average Bonchev–Trinajstić information content (AvgIpc) is 3.13. The highest BCUT2D eigenvalue weighted by Crippen LogP contribution is 2.31. The lowest BCUT2D eigenvalue weighted by atomic mass is 10.1. The highest BCUT2D eigenvalue weighted by molar-refractivity contribution is 7.91. The molecule has 37 heavy (non-hydrogen) atoms. The summed E-state index contributed by atoms with van der Waals surface area (Å²) in [4.78, 5) is 39.2. The third-order valence-electron chi connectivity index (χ3n) is 6.15. The van der Waals surface area contributed by atoms with Crippen molar-refractivity contribution in [2.24, 2.45) is 0 Å². The first-order valence-corrected chi connectivity index (χ1v) is 13.0. The van der Waals surface area contributed by atoms with Crippen LogP contribution in [0.5, 0.6) is 0 Å². The first-order valence-electron chi connectivity index (χ1n) is 11.5. The quantitative estimate of drug-likeness (QED) is 0.373. The standard InChI is InChI=1S/C29H22N2O5S/c1-18-4-3-5-20(16-18)27(32)30-21-7-11-23(12-8-21)37(35,36)24-13-9-22(10-14-24)31-28(33)25-15-6-19(2)17-26(25)29(31)34/h3-17H,1-2H3,(H,30,32). The number of fused-ring (bicyclic) bond motifs is 1. The van der Waals surface area contributed by atoms with E-state index in [9.17, 15) is 22.8 Å². The third kappa shape index (κ3) is 4.43. The molecule has 4 aromatic carbocycles. The fourth-order valence-corrected chi connectivity index (χ4v) is 5.47. The van der Waals surface area contributed by atoms with E-state index in [1.807, 2.05) is 19.9 Å². The lowest BCUT2D eigenvalue weighted by Gasteiger charge is -2.14. The summed E-state index contributed by atoms with van der Waals surface area (Å²) >= 11 is 0. The molecule has 0 saturated heterocycles. The Balaban J connectivity index is 1.34. The highest BCUT2D eigenvalue weighted by atomic mass is 32.2. The zero-order valence-electron chi connectivity index (χ0n) is 20.1. The van der Waals surface area contributed by atoms with Crippen LogP contribution in [-0.4, -0.2) is 26.1 Å². The Morgan fingerprint density at radius 2 is 1.30 bits per heavy atom. The summed E-state index contributed by atoms with van der Waals surface area (Å²) in [6.07, 6.45) is 0. The van der Waals surface area contributed by atoms with Crippen LogP contribution in [0.1, 0.15) is 42.2 Å². The molecule has 7 nitrogen and oxygen atoms in total. The molecule has 0 aliphatic carbocycles. The number of hydrogen-bond donors (Lipinski definition) is 1. The Kier molecular flexibility index (Phi) is 5.97. The van der Waals surface area contributed by atoms with Gasteiger partial charge in [0.2, 0.25) is 9.84 Å². The molecule has 184 valence electrons. The van der Waals surface area contributed by atoms with Gasteiger partial charge >= 0.3 is 0 Å². The summed E-state index contributed by atoms with van der Waals surface area (Å²) in [7, 11) is -3.87. The number of carbonyl (C=O) groups excluding carboxylic acids is 3. The molecule has 0 fully saturated rings. The number of amides is 3. The van der Waals surface area contributed by atoms with Crippen LogP contribution in [0.15, 0.2) is 101 Å². The molecule has 0 unspecified atom stereocenters. The smallest absolute Gasteiger partial charge is 0.266 e. The van der Waals surface area contributed by atoms with Crippen LogP contribution in [0.2, 0.25) is 0 Å². The number of benzene rings is 4. The monoisotopic (exact) mass is 510 g/mol. The van der Waals surface area contributed by atoms with Gasteiger partial charge in [-0.25, -0.2) is 13.3 Å². The maximum Gasteiger partial charge on any atom is 0.266 e. The van der Waals surface area contributed by atoms with E-state index >= 15 is 0 Å². The lowest BCUT2D eigenvalue weighted by molar-refractivity contribution is 0.0925. The Labute approximate surface area is 214 Å². The van der Waals surface area contributed by atoms with Crippen molar-refractivity contribution < 1.29 is 22.8 Å². The Hall–Kier alpha value is -4.56. The summed E-state index contributed by atoms with van der Waals surface area (Å²) in [6.45, 7) is 3.73. The van der Waals surface area contributed by atoms with Crippen molar-refractivity contribution >= 4 is 38.9 Å². The number of hydrogen-bond acceptors (Lipinski definition) is 5. The van der Waals surface area contributed by atoms with E-state index in [-0.39, 0.29) is 21.4 Å². The van der Waals surface area contributed by atoms with Crippen molar-refractivity contribution in [3.63, 3.8) is 0 Å². The molecule has 3 amide bonds. The molecule has 1 N–H and O–H groups in total. The molecular weight excluding hydrogens is 488 g/mol. The van der Waals surface area contributed by atoms with Crippen molar-refractivity contribution in [1.82, 2.24) is 0 Å². The van der Waals surface area contributed by atoms with Gasteiger partial charge in [0.05, 0.1) is 26.6 Å². The normalized spacial score (nSPS) is 13.0. The predicted octanol–water partition coefficient (Wildman–Crippen LogP) is 5.19. The summed E-state index contributed by atoms with van der Waals surface area (Å²) in [6, 6.07) is 23.7. The number of imide groups is 1. The summed E-state index contributed by atoms with van der Waals surface area (Å²) in [5, 5.41) is 2.76. The molecule has 4 aromatic rings. The van der Waals surface area contributed by atoms with Gasteiger partial charge in [0.15, 0.2) is 0 Å². The summed E-state index contributed by atoms with van der Waals surface area (Å²) in [5.74, 6) is -1.18. The second kappa shape index (κ2) is 9.15. The summed E-state index contributed by atoms with van der Waals surface area (Å²) in [5.41, 5.74) is 3.73. The third-order valence-corrected chi connectivity index (χ3v) is 7.94. The SMILES string of the molecule is Cc1cccc(C(=O)Nc2ccc(S(=O)(=O)c3ccc(N4C(=O)c5ccc(C)cc5C4=O)cc3)cc2)c1. The van der Waals surface area contributed by atoms with Gasteiger partial charge in [-0.2, -0.15) is 0 Å². The number of carbonyl (C=O) groups is 3. The van der Waals surface area contributed by atoms with Gasteiger partial charge in [-0.3, -0.25) is 14.4 Å². The lowest BCUT2D eigenvalue weighted by Crippen LogP contribution is -2.29. The fraction of sp³-hybridized carbons (Fsp3) is 0.0690. The minimum atomic E-state index is -3.87. The number of rotatable bonds is 5. The molecule has 0 bridgehead atoms. The van der Waals surface area contributed by atoms with Crippen LogP contribution in [0.25, 0.3) is 0 Å². The maximum absolute atomic E-state index is 13.2. The molecule has 0 atom stereocenters. The molecule has 0 saturated carbocycles. The second-order valence-corrected chi connectivity index (χ2v) is 10.8. The zero-order valence-corrected chi connectivity index (χ0v) is 20.9. The van der Waals surface area contributed by atoms with Crippen LogP contribution in [0.4, 0.5) is 11.4 Å². The zero-order chi connectivity index (χ0) is 26.3. The minimum Gasteiger partial charge on any atom is -0.322 e. The Morgan fingerprint density at radius 1 is 0.703 bits per heavy atom. The van der Waals surface area contributed by atoms with Crippen molar-refractivity contribution in [3.05, 3.63) is 119 Å². The molecule has 1 heterocycles. The number of nitrogens with zero attached hydrogens (tertiary/aromatic N) is 1. The van der Waals surface area contributed by atoms with Crippen LogP contribution in [0.3, 0.4) is 0 Å². The molecule has 0 spiro atoms. The molecular formula is C29H22N2O5S. The fourth-order valence-electron chi connectivity index (χ4n) is 4.21. The molecule has 1 aliphatic heterocycles. The van der Waals surface area contributed by atoms with E-state index < -0.39 is 21.7 Å². The largest absolute Gasteiger partial charge is 0.322 e. The van der Waals surface area contributed by atoms with E-state index in [0.717, 1.165) is 16.0 Å². The van der Waals surface area contributed by atoms with Gasteiger partial charge in [0.25, 0.3) is 17.7 Å². The van der Waals surface area contributed by atoms with Crippen molar-refractivity contribution in [1.29, 1.82) is 0 Å². The molecule has 1 aliphatic rings. The predicted molar refractivity (Wildman–Crippen MR) is 140 cm³/mol. The highest BCUT2D eigenvalue weighted by Gasteiger charge is 2.36. The topological polar surface area (TPSA) is 101 Å². The second-order valence-electron chi connectivity index (χ2n) is 8.84. The van der Waals surface area contributed by atoms with E-state index in [4.69, 9.17) is 0 Å². The number of sulfone groups is 1. The van der Waals surface area contributed by atoms with E-state index in [0.29, 0.717) is 22.4 Å². The Morgan fingerprint density at radius 3 is 1.95 bits per heavy atom. The molecule has 5 rings (SSSR count). The van der Waals surface area contributed by atoms with E-state index in [1.54, 1.807) is 36.4 Å². The van der Waals surface area contributed by atoms with Gasteiger partial charge in [-0.15, -0.1) is 0 Å². The molecule has 8 heteroatoms. The van der Waals surface area contributed by atoms with E-state index in [1.165, 1.54) is 48.5 Å². The minimum absolute atomic E-state index is 0.0141. The van der Waals surface area contributed by atoms with Crippen LogP contribution >= 0.6 is 0 Å². The van der Waals surface area contributed by atoms with Crippen molar-refractivity contribution in [2.75, 3.05) is 10.2 Å². The van der Waals surface area contributed by atoms with Crippen molar-refractivity contribution in [2.45, 2.75) is 23.6 Å². The molecule has 0 radical (unpaired) electrons. The van der Waals surface area contributed by atoms with Gasteiger partial charge in [-0.1, -0.05) is 29.3 Å². The van der Waals surface area contributed by atoms with Crippen molar-refractivity contribution in [3.8, 4) is 0 Å². The van der Waals surface area contributed by atoms with Gasteiger partial charge < -0.3 is 5.32 Å². The first kappa shape index (κ1) is 24.1. The summed E-state index contributed by atoms with van der Waals surface area (Å²) < 4.78 is 26.3. The maximum atomic E-state index is 13.2. The Bertz CT molecular complexity index is 1670. The van der Waals surface area contributed by atoms with Crippen LogP contribution < -0.4 is 10.2 Å². The van der Waals surface area contributed by atoms with Gasteiger partial charge in [-0.05, 0) is 86.6 Å².